The van der Waals surface area contributed by atoms with Crippen molar-refractivity contribution < 1.29 is 24.2 Å². The Balaban J connectivity index is 1.44. The van der Waals surface area contributed by atoms with Gasteiger partial charge in [-0.25, -0.2) is 4.79 Å². The summed E-state index contributed by atoms with van der Waals surface area (Å²) in [6.07, 6.45) is -1.72. The van der Waals surface area contributed by atoms with Gasteiger partial charge >= 0.3 is 12.1 Å². The maximum atomic E-state index is 12.7. The van der Waals surface area contributed by atoms with Gasteiger partial charge in [-0.05, 0) is 11.1 Å². The lowest BCUT2D eigenvalue weighted by molar-refractivity contribution is -0.139. The molecule has 31 heavy (non-hydrogen) atoms. The van der Waals surface area contributed by atoms with E-state index in [2.05, 4.69) is 20.9 Å². The van der Waals surface area contributed by atoms with E-state index >= 15 is 0 Å². The van der Waals surface area contributed by atoms with E-state index in [0.717, 1.165) is 11.1 Å². The molecule has 4 rings (SSSR count). The van der Waals surface area contributed by atoms with Crippen LogP contribution in [0.25, 0.3) is 0 Å². The molecule has 2 aromatic rings. The van der Waals surface area contributed by atoms with Gasteiger partial charge in [-0.15, -0.1) is 0 Å². The normalized spacial score (nSPS) is 22.0. The molecule has 2 aromatic carbocycles. The predicted octanol–water partition coefficient (Wildman–Crippen LogP) is 0.628. The summed E-state index contributed by atoms with van der Waals surface area (Å²) >= 11 is 0. The first kappa shape index (κ1) is 20.4. The number of fused-ring (bicyclic) bond motifs is 1. The zero-order valence-corrected chi connectivity index (χ0v) is 16.3. The molecule has 0 spiro atoms. The number of aliphatic imine (C=N–C) groups is 1. The number of aliphatic carboxylic acids is 1. The molecule has 3 atom stereocenters. The summed E-state index contributed by atoms with van der Waals surface area (Å²) in [6, 6.07) is 17.8. The molecule has 3 unspecified atom stereocenters. The molecule has 2 amide bonds. The number of amides is 2. The smallest absolute Gasteiger partial charge is 0.410 e. The molecule has 160 valence electrons. The van der Waals surface area contributed by atoms with Gasteiger partial charge in [0.25, 0.3) is 5.91 Å². The quantitative estimate of drug-likeness (QED) is 0.536. The fourth-order valence-electron chi connectivity index (χ4n) is 3.55. The zero-order valence-electron chi connectivity index (χ0n) is 16.3. The Kier molecular flexibility index (Phi) is 5.80. The van der Waals surface area contributed by atoms with Gasteiger partial charge in [0, 0.05) is 0 Å². The van der Waals surface area contributed by atoms with Crippen molar-refractivity contribution in [3.63, 3.8) is 0 Å². The molecule has 1 fully saturated rings. The number of benzene rings is 2. The minimum atomic E-state index is -1.06. The van der Waals surface area contributed by atoms with Crippen LogP contribution in [0.2, 0.25) is 0 Å². The first-order chi connectivity index (χ1) is 15.0. The van der Waals surface area contributed by atoms with Crippen LogP contribution in [0, 0.1) is 0 Å². The fourth-order valence-corrected chi connectivity index (χ4v) is 3.55. The standard InChI is InChI=1S/C21H21N5O5/c27-15(28)11-26-12-22-16-18(26)23-20(24-19(16)29)25-21(30)31-17(13-7-3-1-4-8-13)14-9-5-2-6-10-14/h1-10,12,16-18,20,23H,11H2,(H,24,29)(H,25,30)(H,27,28). The molecule has 1 saturated heterocycles. The highest BCUT2D eigenvalue weighted by Gasteiger charge is 2.43. The second-order valence-corrected chi connectivity index (χ2v) is 7.08. The average molecular weight is 423 g/mol. The number of carboxylic acid groups (broad SMARTS) is 1. The summed E-state index contributed by atoms with van der Waals surface area (Å²) in [5.74, 6) is -1.49. The van der Waals surface area contributed by atoms with Gasteiger partial charge in [0.2, 0.25) is 0 Å². The van der Waals surface area contributed by atoms with E-state index in [9.17, 15) is 14.4 Å². The lowest BCUT2D eigenvalue weighted by Gasteiger charge is -2.36. The Bertz CT molecular complexity index is 945. The first-order valence-electron chi connectivity index (χ1n) is 9.65. The van der Waals surface area contributed by atoms with Crippen molar-refractivity contribution in [2.75, 3.05) is 6.54 Å². The fraction of sp³-hybridized carbons (Fsp3) is 0.238. The Morgan fingerprint density at radius 3 is 2.29 bits per heavy atom. The summed E-state index contributed by atoms with van der Waals surface area (Å²) in [6.45, 7) is -0.327. The highest BCUT2D eigenvalue weighted by molar-refractivity contribution is 5.88. The summed E-state index contributed by atoms with van der Waals surface area (Å²) in [7, 11) is 0. The monoisotopic (exact) mass is 423 g/mol. The molecule has 4 N–H and O–H groups in total. The van der Waals surface area contributed by atoms with Crippen LogP contribution in [0.5, 0.6) is 0 Å². The van der Waals surface area contributed by atoms with E-state index in [1.807, 2.05) is 60.7 Å². The number of hydrogen-bond donors (Lipinski definition) is 4. The van der Waals surface area contributed by atoms with Gasteiger partial charge in [-0.1, -0.05) is 60.7 Å². The number of ether oxygens (including phenoxy) is 1. The SMILES string of the molecule is O=C(O)CN1C=NC2C(=O)NC(NC(=O)OC(c3ccccc3)c3ccccc3)NC21. The molecule has 0 radical (unpaired) electrons. The van der Waals surface area contributed by atoms with Crippen molar-refractivity contribution >= 4 is 24.3 Å². The van der Waals surface area contributed by atoms with E-state index in [1.165, 1.54) is 11.2 Å². The van der Waals surface area contributed by atoms with E-state index in [0.29, 0.717) is 0 Å². The minimum absolute atomic E-state index is 0.327. The topological polar surface area (TPSA) is 132 Å². The van der Waals surface area contributed by atoms with Crippen molar-refractivity contribution in [2.45, 2.75) is 24.6 Å². The van der Waals surface area contributed by atoms with Crippen molar-refractivity contribution in [1.29, 1.82) is 0 Å². The third kappa shape index (κ3) is 4.64. The molecule has 0 saturated carbocycles. The van der Waals surface area contributed by atoms with Crippen LogP contribution in [0.1, 0.15) is 17.2 Å². The van der Waals surface area contributed by atoms with Crippen molar-refractivity contribution in [3.05, 3.63) is 71.8 Å². The molecular weight excluding hydrogens is 402 g/mol. The number of hydrogen-bond acceptors (Lipinski definition) is 7. The van der Waals surface area contributed by atoms with Gasteiger partial charge in [-0.2, -0.15) is 0 Å². The summed E-state index contributed by atoms with van der Waals surface area (Å²) < 4.78 is 5.68. The third-order valence-electron chi connectivity index (χ3n) is 4.93. The van der Waals surface area contributed by atoms with Gasteiger partial charge in [-0.3, -0.25) is 25.2 Å². The van der Waals surface area contributed by atoms with Crippen LogP contribution in [0.4, 0.5) is 4.79 Å². The van der Waals surface area contributed by atoms with Crippen LogP contribution in [0.15, 0.2) is 65.7 Å². The van der Waals surface area contributed by atoms with Crippen LogP contribution in [-0.4, -0.2) is 59.4 Å². The van der Waals surface area contributed by atoms with Crippen molar-refractivity contribution in [1.82, 2.24) is 20.9 Å². The molecular formula is C21H21N5O5. The largest absolute Gasteiger partial charge is 0.480 e. The van der Waals surface area contributed by atoms with Crippen molar-refractivity contribution in [3.8, 4) is 0 Å². The molecule has 10 heteroatoms. The van der Waals surface area contributed by atoms with Gasteiger partial charge < -0.3 is 20.1 Å². The minimum Gasteiger partial charge on any atom is -0.480 e. The Hall–Kier alpha value is -3.92. The molecule has 0 aliphatic carbocycles. The molecule has 0 bridgehead atoms. The number of carbonyl (C=O) groups is 3. The van der Waals surface area contributed by atoms with Crippen LogP contribution < -0.4 is 16.0 Å². The Labute approximate surface area is 177 Å². The summed E-state index contributed by atoms with van der Waals surface area (Å²) in [4.78, 5) is 41.5. The Morgan fingerprint density at radius 2 is 1.71 bits per heavy atom. The number of nitrogens with zero attached hydrogens (tertiary/aromatic N) is 2. The van der Waals surface area contributed by atoms with Crippen LogP contribution in [-0.2, 0) is 14.3 Å². The Morgan fingerprint density at radius 1 is 1.10 bits per heavy atom. The lowest BCUT2D eigenvalue weighted by atomic mass is 10.0. The van der Waals surface area contributed by atoms with Crippen LogP contribution in [0.3, 0.4) is 0 Å². The molecule has 2 aliphatic heterocycles. The maximum absolute atomic E-state index is 12.7. The predicted molar refractivity (Wildman–Crippen MR) is 110 cm³/mol. The van der Waals surface area contributed by atoms with Gasteiger partial charge in [0.15, 0.2) is 18.4 Å². The van der Waals surface area contributed by atoms with Gasteiger partial charge in [0.05, 0.1) is 6.34 Å². The number of alkyl carbamates (subject to hydrolysis) is 1. The second-order valence-electron chi connectivity index (χ2n) is 7.08. The summed E-state index contributed by atoms with van der Waals surface area (Å²) in [5, 5.41) is 17.2. The molecule has 2 aliphatic rings. The van der Waals surface area contributed by atoms with E-state index < -0.39 is 42.6 Å². The number of carbonyl (C=O) groups excluding carboxylic acids is 2. The van der Waals surface area contributed by atoms with E-state index in [-0.39, 0.29) is 6.54 Å². The second kappa shape index (κ2) is 8.84. The number of nitrogens with one attached hydrogen (secondary N) is 3. The number of carboxylic acids is 1. The third-order valence-corrected chi connectivity index (χ3v) is 4.93. The number of rotatable bonds is 6. The maximum Gasteiger partial charge on any atom is 0.410 e. The highest BCUT2D eigenvalue weighted by atomic mass is 16.6. The molecule has 2 heterocycles. The van der Waals surface area contributed by atoms with Crippen molar-refractivity contribution in [2.24, 2.45) is 4.99 Å². The van der Waals surface area contributed by atoms with E-state index in [4.69, 9.17) is 9.84 Å². The molecule has 0 aromatic heterocycles. The van der Waals surface area contributed by atoms with Gasteiger partial charge in [0.1, 0.15) is 12.7 Å². The first-order valence-corrected chi connectivity index (χ1v) is 9.65. The van der Waals surface area contributed by atoms with E-state index in [1.54, 1.807) is 0 Å². The summed E-state index contributed by atoms with van der Waals surface area (Å²) in [5.41, 5.74) is 1.59. The van der Waals surface area contributed by atoms with Crippen LogP contribution >= 0.6 is 0 Å². The zero-order chi connectivity index (χ0) is 21.8. The molecule has 10 nitrogen and oxygen atoms in total. The highest BCUT2D eigenvalue weighted by Crippen LogP contribution is 2.26. The average Bonchev–Trinajstić information content (AvgIpc) is 3.16. The lowest BCUT2D eigenvalue weighted by Crippen LogP contribution is -2.70.